The summed E-state index contributed by atoms with van der Waals surface area (Å²) in [6.07, 6.45) is -3.18. The molecule has 152 valence electrons. The van der Waals surface area contributed by atoms with Crippen molar-refractivity contribution in [3.05, 3.63) is 47.5 Å². The normalized spacial score (nSPS) is 18.4. The minimum atomic E-state index is -4.38. The van der Waals surface area contributed by atoms with Crippen molar-refractivity contribution in [2.24, 2.45) is 4.99 Å². The average Bonchev–Trinajstić information content (AvgIpc) is 3.16. The first-order chi connectivity index (χ1) is 13.4. The van der Waals surface area contributed by atoms with Gasteiger partial charge in [-0.3, -0.25) is 4.99 Å². The molecule has 0 spiro atoms. The van der Waals surface area contributed by atoms with Crippen molar-refractivity contribution in [1.29, 1.82) is 0 Å². The third kappa shape index (κ3) is 4.61. The summed E-state index contributed by atoms with van der Waals surface area (Å²) in [5.41, 5.74) is -0.173. The Morgan fingerprint density at radius 2 is 2.21 bits per heavy atom. The van der Waals surface area contributed by atoms with E-state index in [1.54, 1.807) is 19.4 Å². The van der Waals surface area contributed by atoms with Crippen LogP contribution in [0.15, 0.2) is 35.6 Å². The van der Waals surface area contributed by atoms with Crippen molar-refractivity contribution in [3.8, 4) is 0 Å². The Morgan fingerprint density at radius 1 is 1.39 bits per heavy atom. The molecule has 10 heteroatoms. The summed E-state index contributed by atoms with van der Waals surface area (Å²) in [4.78, 5) is 6.26. The summed E-state index contributed by atoms with van der Waals surface area (Å²) < 4.78 is 46.6. The maximum atomic E-state index is 13.0. The standard InChI is InChI=1S/C18H23F3N6O/c1-3-26-12-24-25-16(26)10-23-17(22-2)27-7-8-28-15(11-27)13-5-4-6-14(9-13)18(19,20)21/h4-6,9,12,15H,3,7-8,10-11H2,1-2H3,(H,22,23). The lowest BCUT2D eigenvalue weighted by Gasteiger charge is -2.35. The van der Waals surface area contributed by atoms with E-state index in [-0.39, 0.29) is 0 Å². The van der Waals surface area contributed by atoms with Crippen LogP contribution < -0.4 is 5.32 Å². The highest BCUT2D eigenvalue weighted by Gasteiger charge is 2.32. The number of nitrogens with zero attached hydrogens (tertiary/aromatic N) is 5. The van der Waals surface area contributed by atoms with Crippen LogP contribution in [0.3, 0.4) is 0 Å². The van der Waals surface area contributed by atoms with Gasteiger partial charge in [-0.2, -0.15) is 13.2 Å². The highest BCUT2D eigenvalue weighted by Crippen LogP contribution is 2.32. The molecule has 1 aliphatic rings. The quantitative estimate of drug-likeness (QED) is 0.635. The van der Waals surface area contributed by atoms with Crippen LogP contribution in [-0.2, 0) is 24.0 Å². The highest BCUT2D eigenvalue weighted by molar-refractivity contribution is 5.80. The van der Waals surface area contributed by atoms with E-state index in [0.717, 1.165) is 24.5 Å². The zero-order valence-electron chi connectivity index (χ0n) is 15.8. The molecule has 2 aromatic rings. The molecule has 1 aliphatic heterocycles. The molecular formula is C18H23F3N6O. The lowest BCUT2D eigenvalue weighted by molar-refractivity contribution is -0.137. The summed E-state index contributed by atoms with van der Waals surface area (Å²) >= 11 is 0. The molecule has 0 amide bonds. The first kappa shape index (κ1) is 20.1. The van der Waals surface area contributed by atoms with E-state index >= 15 is 0 Å². The third-order valence-corrected chi connectivity index (χ3v) is 4.60. The molecule has 1 saturated heterocycles. The molecule has 28 heavy (non-hydrogen) atoms. The lowest BCUT2D eigenvalue weighted by atomic mass is 10.0. The maximum absolute atomic E-state index is 13.0. The van der Waals surface area contributed by atoms with Crippen molar-refractivity contribution >= 4 is 5.96 Å². The topological polar surface area (TPSA) is 67.6 Å². The van der Waals surface area contributed by atoms with Gasteiger partial charge in [0.1, 0.15) is 12.4 Å². The summed E-state index contributed by atoms with van der Waals surface area (Å²) in [6, 6.07) is 5.27. The van der Waals surface area contributed by atoms with Crippen LogP contribution in [0.4, 0.5) is 13.2 Å². The van der Waals surface area contributed by atoms with Gasteiger partial charge in [-0.25, -0.2) is 0 Å². The molecule has 2 heterocycles. The molecule has 1 aromatic heterocycles. The number of alkyl halides is 3. The lowest BCUT2D eigenvalue weighted by Crippen LogP contribution is -2.48. The number of aliphatic imine (C=N–C) groups is 1. The van der Waals surface area contributed by atoms with Crippen molar-refractivity contribution < 1.29 is 17.9 Å². The molecule has 3 rings (SSSR count). The van der Waals surface area contributed by atoms with Gasteiger partial charge in [0.05, 0.1) is 25.3 Å². The summed E-state index contributed by atoms with van der Waals surface area (Å²) in [5.74, 6) is 1.43. The number of ether oxygens (including phenoxy) is 1. The van der Waals surface area contributed by atoms with E-state index in [2.05, 4.69) is 20.5 Å². The number of guanidine groups is 1. The van der Waals surface area contributed by atoms with Crippen LogP contribution in [-0.4, -0.2) is 52.4 Å². The Balaban J connectivity index is 1.68. The minimum absolute atomic E-state index is 0.396. The molecule has 1 unspecified atom stereocenters. The van der Waals surface area contributed by atoms with Gasteiger partial charge in [-0.15, -0.1) is 10.2 Å². The van der Waals surface area contributed by atoms with Crippen molar-refractivity contribution in [3.63, 3.8) is 0 Å². The second-order valence-electron chi connectivity index (χ2n) is 6.36. The number of aryl methyl sites for hydroxylation is 1. The van der Waals surface area contributed by atoms with Crippen LogP contribution in [0.5, 0.6) is 0 Å². The molecule has 7 nitrogen and oxygen atoms in total. The van der Waals surface area contributed by atoms with E-state index < -0.39 is 17.8 Å². The van der Waals surface area contributed by atoms with Crippen molar-refractivity contribution in [2.45, 2.75) is 32.3 Å². The number of hydrogen-bond acceptors (Lipinski definition) is 4. The van der Waals surface area contributed by atoms with Gasteiger partial charge in [-0.1, -0.05) is 12.1 Å². The van der Waals surface area contributed by atoms with Crippen LogP contribution in [0.25, 0.3) is 0 Å². The van der Waals surface area contributed by atoms with E-state index in [9.17, 15) is 13.2 Å². The fourth-order valence-corrected chi connectivity index (χ4v) is 3.13. The van der Waals surface area contributed by atoms with Gasteiger partial charge in [0.15, 0.2) is 11.8 Å². The number of benzene rings is 1. The highest BCUT2D eigenvalue weighted by atomic mass is 19.4. The fourth-order valence-electron chi connectivity index (χ4n) is 3.13. The Kier molecular flexibility index (Phi) is 6.18. The van der Waals surface area contributed by atoms with Gasteiger partial charge in [0, 0.05) is 20.1 Å². The Bertz CT molecular complexity index is 820. The predicted molar refractivity (Wildman–Crippen MR) is 97.6 cm³/mol. The Labute approximate surface area is 161 Å². The number of rotatable bonds is 4. The van der Waals surface area contributed by atoms with Gasteiger partial charge >= 0.3 is 6.18 Å². The van der Waals surface area contributed by atoms with E-state index in [1.165, 1.54) is 6.07 Å². The second-order valence-corrected chi connectivity index (χ2v) is 6.36. The number of aromatic nitrogens is 3. The third-order valence-electron chi connectivity index (χ3n) is 4.60. The summed E-state index contributed by atoms with van der Waals surface area (Å²) in [5, 5.41) is 11.2. The Hall–Kier alpha value is -2.62. The van der Waals surface area contributed by atoms with Crippen LogP contribution in [0.1, 0.15) is 30.0 Å². The fraction of sp³-hybridized carbons (Fsp3) is 0.500. The minimum Gasteiger partial charge on any atom is -0.370 e. The smallest absolute Gasteiger partial charge is 0.370 e. The molecule has 1 N–H and O–H groups in total. The number of nitrogens with one attached hydrogen (secondary N) is 1. The predicted octanol–water partition coefficient (Wildman–Crippen LogP) is 2.47. The zero-order valence-corrected chi connectivity index (χ0v) is 15.8. The molecule has 0 aliphatic carbocycles. The zero-order chi connectivity index (χ0) is 20.1. The van der Waals surface area contributed by atoms with Gasteiger partial charge in [-0.05, 0) is 24.6 Å². The van der Waals surface area contributed by atoms with Gasteiger partial charge in [0.25, 0.3) is 0 Å². The molecule has 1 fully saturated rings. The molecular weight excluding hydrogens is 373 g/mol. The number of morpholine rings is 1. The molecule has 1 atom stereocenters. The van der Waals surface area contributed by atoms with E-state index in [0.29, 0.717) is 37.8 Å². The maximum Gasteiger partial charge on any atom is 0.416 e. The van der Waals surface area contributed by atoms with Crippen LogP contribution in [0, 0.1) is 0 Å². The van der Waals surface area contributed by atoms with Gasteiger partial charge in [0.2, 0.25) is 0 Å². The average molecular weight is 396 g/mol. The van der Waals surface area contributed by atoms with E-state index in [4.69, 9.17) is 4.74 Å². The molecule has 0 saturated carbocycles. The SMILES string of the molecule is CCn1cnnc1CNC(=NC)N1CCOC(c2cccc(C(F)(F)F)c2)C1. The molecule has 1 aromatic carbocycles. The summed E-state index contributed by atoms with van der Waals surface area (Å²) in [7, 11) is 1.67. The first-order valence-electron chi connectivity index (χ1n) is 9.03. The number of halogens is 3. The van der Waals surface area contributed by atoms with Crippen molar-refractivity contribution in [1.82, 2.24) is 25.0 Å². The van der Waals surface area contributed by atoms with Crippen molar-refractivity contribution in [2.75, 3.05) is 26.7 Å². The molecule has 0 bridgehead atoms. The Morgan fingerprint density at radius 3 is 2.93 bits per heavy atom. The largest absolute Gasteiger partial charge is 0.416 e. The van der Waals surface area contributed by atoms with E-state index in [1.807, 2.05) is 16.4 Å². The monoisotopic (exact) mass is 396 g/mol. The summed E-state index contributed by atoms with van der Waals surface area (Å²) in [6.45, 7) is 4.61. The molecule has 0 radical (unpaired) electrons. The number of hydrogen-bond donors (Lipinski definition) is 1. The first-order valence-corrected chi connectivity index (χ1v) is 9.03. The van der Waals surface area contributed by atoms with Crippen LogP contribution >= 0.6 is 0 Å². The second kappa shape index (κ2) is 8.59. The van der Waals surface area contributed by atoms with Crippen LogP contribution in [0.2, 0.25) is 0 Å². The van der Waals surface area contributed by atoms with Gasteiger partial charge < -0.3 is 19.5 Å².